The van der Waals surface area contributed by atoms with Gasteiger partial charge < -0.3 is 5.73 Å². The summed E-state index contributed by atoms with van der Waals surface area (Å²) in [5.74, 6) is -0.451. The maximum atomic E-state index is 12.0. The lowest BCUT2D eigenvalue weighted by Crippen LogP contribution is -2.39. The van der Waals surface area contributed by atoms with Gasteiger partial charge in [0.1, 0.15) is 6.33 Å². The zero-order chi connectivity index (χ0) is 13.6. The van der Waals surface area contributed by atoms with E-state index in [1.807, 2.05) is 0 Å². The summed E-state index contributed by atoms with van der Waals surface area (Å²) in [7, 11) is 2.83. The molecule has 8 nitrogen and oxygen atoms in total. The number of fused-ring (bicyclic) bond motifs is 1. The van der Waals surface area contributed by atoms with Crippen LogP contribution in [0.15, 0.2) is 15.9 Å². The number of nitrogens with two attached hydrogens (primary N) is 1. The minimum absolute atomic E-state index is 0.0573. The molecule has 0 amide bonds. The van der Waals surface area contributed by atoms with Gasteiger partial charge in [-0.2, -0.15) is 0 Å². The molecule has 0 fully saturated rings. The second-order valence-corrected chi connectivity index (χ2v) is 4.12. The number of aromatic nitrogens is 4. The first-order valence-electron chi connectivity index (χ1n) is 5.29. The molecule has 0 spiro atoms. The van der Waals surface area contributed by atoms with Crippen LogP contribution in [0.25, 0.3) is 11.2 Å². The van der Waals surface area contributed by atoms with Crippen LogP contribution >= 0.6 is 0 Å². The molecule has 1 atom stereocenters. The molecule has 2 aromatic heterocycles. The Morgan fingerprint density at radius 3 is 2.50 bits per heavy atom. The van der Waals surface area contributed by atoms with E-state index in [1.165, 1.54) is 31.9 Å². The second kappa shape index (κ2) is 3.91. The molecule has 0 bridgehead atoms. The fourth-order valence-electron chi connectivity index (χ4n) is 1.73. The van der Waals surface area contributed by atoms with E-state index in [1.54, 1.807) is 0 Å². The van der Waals surface area contributed by atoms with Gasteiger partial charge >= 0.3 is 5.69 Å². The van der Waals surface area contributed by atoms with E-state index < -0.39 is 23.2 Å². The first kappa shape index (κ1) is 12.2. The van der Waals surface area contributed by atoms with Gasteiger partial charge in [-0.15, -0.1) is 0 Å². The molecule has 96 valence electrons. The number of rotatable bonds is 1. The summed E-state index contributed by atoms with van der Waals surface area (Å²) in [6.45, 7) is 1.51. The molecule has 18 heavy (non-hydrogen) atoms. The number of hydrogen-bond acceptors (Lipinski definition) is 5. The molecule has 0 radical (unpaired) electrons. The average Bonchev–Trinajstić information content (AvgIpc) is 2.77. The predicted molar refractivity (Wildman–Crippen MR) is 64.5 cm³/mol. The molecule has 0 aromatic carbocycles. The molecule has 0 saturated heterocycles. The SMILES string of the molecule is CC(N)C(=O)n1cnc2c1c(=O)n(C)c(=O)n2C. The van der Waals surface area contributed by atoms with Crippen LogP contribution < -0.4 is 17.0 Å². The third-order valence-corrected chi connectivity index (χ3v) is 2.77. The lowest BCUT2D eigenvalue weighted by atomic mass is 10.3. The Bertz CT molecular complexity index is 749. The number of imidazole rings is 1. The predicted octanol–water partition coefficient (Wildman–Crippen LogP) is -1.58. The minimum atomic E-state index is -0.760. The Hall–Kier alpha value is -2.22. The maximum absolute atomic E-state index is 12.0. The van der Waals surface area contributed by atoms with E-state index in [9.17, 15) is 14.4 Å². The molecular formula is C10H13N5O3. The second-order valence-electron chi connectivity index (χ2n) is 4.12. The summed E-state index contributed by atoms with van der Waals surface area (Å²) in [4.78, 5) is 39.5. The molecule has 2 heterocycles. The molecule has 2 rings (SSSR count). The van der Waals surface area contributed by atoms with Gasteiger partial charge in [-0.05, 0) is 6.92 Å². The van der Waals surface area contributed by atoms with Gasteiger partial charge in [0.25, 0.3) is 5.56 Å². The van der Waals surface area contributed by atoms with Crippen molar-refractivity contribution in [3.8, 4) is 0 Å². The summed E-state index contributed by atoms with van der Waals surface area (Å²) in [6.07, 6.45) is 1.21. The monoisotopic (exact) mass is 251 g/mol. The van der Waals surface area contributed by atoms with E-state index in [0.717, 1.165) is 9.13 Å². The maximum Gasteiger partial charge on any atom is 0.332 e. The van der Waals surface area contributed by atoms with Crippen molar-refractivity contribution in [1.82, 2.24) is 18.7 Å². The Balaban J connectivity index is 2.95. The zero-order valence-electron chi connectivity index (χ0n) is 10.2. The zero-order valence-corrected chi connectivity index (χ0v) is 10.2. The van der Waals surface area contributed by atoms with Crippen molar-refractivity contribution in [1.29, 1.82) is 0 Å². The van der Waals surface area contributed by atoms with Crippen molar-refractivity contribution in [2.75, 3.05) is 0 Å². The van der Waals surface area contributed by atoms with Crippen LogP contribution in [0.1, 0.15) is 11.7 Å². The topological polar surface area (TPSA) is 105 Å². The van der Waals surface area contributed by atoms with Crippen LogP contribution in [0.3, 0.4) is 0 Å². The van der Waals surface area contributed by atoms with Gasteiger partial charge in [0.05, 0.1) is 6.04 Å². The van der Waals surface area contributed by atoms with Gasteiger partial charge in [0, 0.05) is 14.1 Å². The number of carbonyl (C=O) groups is 1. The van der Waals surface area contributed by atoms with Crippen molar-refractivity contribution in [3.63, 3.8) is 0 Å². The van der Waals surface area contributed by atoms with E-state index in [2.05, 4.69) is 4.98 Å². The Morgan fingerprint density at radius 2 is 1.94 bits per heavy atom. The van der Waals surface area contributed by atoms with Crippen molar-refractivity contribution in [2.24, 2.45) is 19.8 Å². The summed E-state index contributed by atoms with van der Waals surface area (Å²) < 4.78 is 3.22. The fraction of sp³-hybridized carbons (Fsp3) is 0.400. The molecule has 0 saturated carbocycles. The highest BCUT2D eigenvalue weighted by molar-refractivity contribution is 5.91. The molecule has 0 aliphatic rings. The van der Waals surface area contributed by atoms with Crippen molar-refractivity contribution < 1.29 is 4.79 Å². The number of carbonyl (C=O) groups excluding carboxylic acids is 1. The number of aryl methyl sites for hydroxylation is 1. The molecule has 0 aliphatic heterocycles. The third-order valence-electron chi connectivity index (χ3n) is 2.77. The summed E-state index contributed by atoms with van der Waals surface area (Å²) in [5.41, 5.74) is 4.66. The van der Waals surface area contributed by atoms with Crippen LogP contribution in [0, 0.1) is 0 Å². The van der Waals surface area contributed by atoms with Gasteiger partial charge in [0.2, 0.25) is 5.91 Å². The first-order valence-corrected chi connectivity index (χ1v) is 5.29. The van der Waals surface area contributed by atoms with Crippen LogP contribution in [0.2, 0.25) is 0 Å². The largest absolute Gasteiger partial charge is 0.332 e. The smallest absolute Gasteiger partial charge is 0.320 e. The number of nitrogens with zero attached hydrogens (tertiary/aromatic N) is 4. The highest BCUT2D eigenvalue weighted by atomic mass is 16.2. The Morgan fingerprint density at radius 1 is 1.33 bits per heavy atom. The van der Waals surface area contributed by atoms with Gasteiger partial charge in [-0.1, -0.05) is 0 Å². The molecule has 2 N–H and O–H groups in total. The Kier molecular flexibility index (Phi) is 2.66. The third kappa shape index (κ3) is 1.50. The highest BCUT2D eigenvalue weighted by Gasteiger charge is 2.19. The fourth-order valence-corrected chi connectivity index (χ4v) is 1.73. The standard InChI is InChI=1S/C10H13N5O3/c1-5(11)8(16)15-4-12-7-6(15)9(17)14(3)10(18)13(7)2/h4-5H,11H2,1-3H3. The lowest BCUT2D eigenvalue weighted by molar-refractivity contribution is 0.0891. The summed E-state index contributed by atoms with van der Waals surface area (Å²) in [5, 5.41) is 0. The summed E-state index contributed by atoms with van der Waals surface area (Å²) in [6, 6.07) is -0.760. The molecule has 1 unspecified atom stereocenters. The quantitative estimate of drug-likeness (QED) is 0.658. The van der Waals surface area contributed by atoms with Crippen molar-refractivity contribution >= 4 is 17.1 Å². The van der Waals surface area contributed by atoms with E-state index >= 15 is 0 Å². The Labute approximate surface area is 101 Å². The van der Waals surface area contributed by atoms with Crippen molar-refractivity contribution in [3.05, 3.63) is 27.2 Å². The van der Waals surface area contributed by atoms with E-state index in [0.29, 0.717) is 0 Å². The molecule has 2 aromatic rings. The average molecular weight is 251 g/mol. The normalized spacial score (nSPS) is 12.9. The minimum Gasteiger partial charge on any atom is -0.320 e. The van der Waals surface area contributed by atoms with Crippen LogP contribution in [-0.4, -0.2) is 30.6 Å². The highest BCUT2D eigenvalue weighted by Crippen LogP contribution is 2.05. The number of hydrogen-bond donors (Lipinski definition) is 1. The summed E-state index contributed by atoms with van der Waals surface area (Å²) >= 11 is 0. The molecule has 0 aliphatic carbocycles. The first-order chi connectivity index (χ1) is 8.36. The van der Waals surface area contributed by atoms with Gasteiger partial charge in [-0.3, -0.25) is 23.3 Å². The van der Waals surface area contributed by atoms with Gasteiger partial charge in [-0.25, -0.2) is 9.78 Å². The van der Waals surface area contributed by atoms with Crippen molar-refractivity contribution in [2.45, 2.75) is 13.0 Å². The molecule has 8 heteroatoms. The van der Waals surface area contributed by atoms with Crippen LogP contribution in [-0.2, 0) is 14.1 Å². The van der Waals surface area contributed by atoms with E-state index in [-0.39, 0.29) is 11.2 Å². The van der Waals surface area contributed by atoms with E-state index in [4.69, 9.17) is 5.73 Å². The van der Waals surface area contributed by atoms with Crippen LogP contribution in [0.4, 0.5) is 0 Å². The molecular weight excluding hydrogens is 238 g/mol. The van der Waals surface area contributed by atoms with Gasteiger partial charge in [0.15, 0.2) is 11.2 Å². The van der Waals surface area contributed by atoms with Crippen LogP contribution in [0.5, 0.6) is 0 Å². The lowest BCUT2D eigenvalue weighted by Gasteiger charge is -2.07.